The molecule has 0 aromatic rings. The molecule has 1 rings (SSSR count). The van der Waals surface area contributed by atoms with Crippen molar-refractivity contribution in [2.45, 2.75) is 52.1 Å². The first-order chi connectivity index (χ1) is 7.10. The fourth-order valence-electron chi connectivity index (χ4n) is 2.37. The first-order valence-electron chi connectivity index (χ1n) is 6.00. The van der Waals surface area contributed by atoms with Gasteiger partial charge in [-0.05, 0) is 39.5 Å². The molecule has 3 nitrogen and oxygen atoms in total. The summed E-state index contributed by atoms with van der Waals surface area (Å²) in [6.07, 6.45) is 5.07. The molecule has 0 bridgehead atoms. The van der Waals surface area contributed by atoms with Crippen molar-refractivity contribution in [3.63, 3.8) is 0 Å². The number of hydrogen-bond acceptors (Lipinski definition) is 3. The van der Waals surface area contributed by atoms with Crippen LogP contribution in [0.3, 0.4) is 0 Å². The van der Waals surface area contributed by atoms with Crippen LogP contribution in [0.5, 0.6) is 0 Å². The van der Waals surface area contributed by atoms with Crippen molar-refractivity contribution < 1.29 is 14.3 Å². The molecule has 5 heteroatoms. The summed E-state index contributed by atoms with van der Waals surface area (Å²) in [7, 11) is -0.533. The van der Waals surface area contributed by atoms with Gasteiger partial charge in [0.1, 0.15) is 0 Å². The molecule has 1 aliphatic rings. The molecule has 86 valence electrons. The molecule has 0 spiro atoms. The van der Waals surface area contributed by atoms with E-state index in [4.69, 9.17) is 14.3 Å². The molecule has 1 aliphatic carbocycles. The van der Waals surface area contributed by atoms with Crippen LogP contribution in [0, 0.1) is 5.92 Å². The molecule has 0 aliphatic heterocycles. The second kappa shape index (κ2) is 5.92. The van der Waals surface area contributed by atoms with Crippen molar-refractivity contribution in [3.8, 4) is 0 Å². The summed E-state index contributed by atoms with van der Waals surface area (Å²) in [6, 6.07) is 0. The Hall–Kier alpha value is 0.00987. The summed E-state index contributed by atoms with van der Waals surface area (Å²) in [5, 5.41) is 9.11. The monoisotopic (exact) mass is 212 g/mol. The lowest BCUT2D eigenvalue weighted by atomic mass is 9.55. The van der Waals surface area contributed by atoms with Gasteiger partial charge < -0.3 is 14.3 Å². The smallest absolute Gasteiger partial charge is 0.440 e. The summed E-state index contributed by atoms with van der Waals surface area (Å²) in [4.78, 5) is 0. The van der Waals surface area contributed by atoms with Gasteiger partial charge in [0.25, 0.3) is 0 Å². The Bertz CT molecular complexity index is 182. The molecule has 0 atom stereocenters. The lowest BCUT2D eigenvalue weighted by molar-refractivity contribution is 0.0232. The van der Waals surface area contributed by atoms with E-state index in [2.05, 4.69) is 13.8 Å². The van der Waals surface area contributed by atoms with E-state index in [1.807, 2.05) is 6.92 Å². The van der Waals surface area contributed by atoms with Gasteiger partial charge in [0.2, 0.25) is 0 Å². The fraction of sp³-hybridized carbons (Fsp3) is 1.00. The average Bonchev–Trinajstić information content (AvgIpc) is 2.70. The fourth-order valence-corrected chi connectivity index (χ4v) is 2.37. The van der Waals surface area contributed by atoms with Crippen molar-refractivity contribution in [3.05, 3.63) is 0 Å². The van der Waals surface area contributed by atoms with Crippen LogP contribution in [0.2, 0.25) is 0 Å². The molecule has 1 N–H and O–H groups in total. The molecule has 0 unspecified atom stereocenters. The normalized spacial score (nSPS) is 18.1. The highest BCUT2D eigenvalue weighted by Gasteiger charge is 2.36. The van der Waals surface area contributed by atoms with E-state index in [9.17, 15) is 0 Å². The highest BCUT2D eigenvalue weighted by molar-refractivity contribution is 7.02. The molecule has 0 amide bonds. The predicted molar refractivity (Wildman–Crippen MR) is 63.9 cm³/mol. The lowest BCUT2D eigenvalue weighted by Crippen LogP contribution is -2.43. The molecule has 0 heterocycles. The van der Waals surface area contributed by atoms with Crippen molar-refractivity contribution in [2.75, 3.05) is 6.61 Å². The van der Waals surface area contributed by atoms with E-state index in [0.29, 0.717) is 12.5 Å². The molecule has 0 aromatic heterocycles. The van der Waals surface area contributed by atoms with E-state index >= 15 is 0 Å². The van der Waals surface area contributed by atoms with Crippen molar-refractivity contribution in [1.29, 1.82) is 0 Å². The third-order valence-electron chi connectivity index (χ3n) is 3.28. The summed E-state index contributed by atoms with van der Waals surface area (Å²) < 4.78 is 11.2. The molecular weight excluding hydrogens is 190 g/mol. The summed E-state index contributed by atoms with van der Waals surface area (Å²) in [6.45, 7) is 6.69. The van der Waals surface area contributed by atoms with Gasteiger partial charge in [-0.2, -0.15) is 0 Å². The maximum Gasteiger partial charge on any atom is 0.440 e. The number of rotatable bonds is 6. The Morgan fingerprint density at radius 2 is 2.00 bits per heavy atom. The zero-order valence-corrected chi connectivity index (χ0v) is 10.2. The van der Waals surface area contributed by atoms with Gasteiger partial charge in [-0.15, -0.1) is 0 Å². The van der Waals surface area contributed by atoms with Gasteiger partial charge in [-0.1, -0.05) is 12.8 Å². The minimum Gasteiger partial charge on any atom is -0.455 e. The Balaban J connectivity index is 2.44. The van der Waals surface area contributed by atoms with E-state index < -0.39 is 7.01 Å². The summed E-state index contributed by atoms with van der Waals surface area (Å²) in [5.74, 6) is 0.604. The van der Waals surface area contributed by atoms with Crippen LogP contribution < -0.4 is 0 Å². The van der Waals surface area contributed by atoms with E-state index in [0.717, 1.165) is 0 Å². The Morgan fingerprint density at radius 1 is 1.40 bits per heavy atom. The van der Waals surface area contributed by atoms with Crippen LogP contribution in [-0.4, -0.2) is 31.6 Å². The largest absolute Gasteiger partial charge is 0.455 e. The number of hydrogen-bond donors (Lipinski definition) is 1. The SMILES string of the molecule is CCOB(BO)OC(C)(C)C1CCCC1. The van der Waals surface area contributed by atoms with Crippen molar-refractivity contribution >= 4 is 14.4 Å². The third-order valence-corrected chi connectivity index (χ3v) is 3.28. The highest BCUT2D eigenvalue weighted by Crippen LogP contribution is 2.36. The highest BCUT2D eigenvalue weighted by atomic mass is 16.6. The van der Waals surface area contributed by atoms with Crippen LogP contribution in [0.25, 0.3) is 0 Å². The summed E-state index contributed by atoms with van der Waals surface area (Å²) in [5.41, 5.74) is -0.181. The minimum atomic E-state index is -0.467. The zero-order chi connectivity index (χ0) is 11.3. The van der Waals surface area contributed by atoms with Gasteiger partial charge >= 0.3 is 14.4 Å². The van der Waals surface area contributed by atoms with Gasteiger partial charge in [0, 0.05) is 6.61 Å². The topological polar surface area (TPSA) is 38.7 Å². The van der Waals surface area contributed by atoms with Crippen LogP contribution in [0.1, 0.15) is 46.5 Å². The van der Waals surface area contributed by atoms with Gasteiger partial charge in [0.15, 0.2) is 0 Å². The van der Waals surface area contributed by atoms with Crippen LogP contribution >= 0.6 is 0 Å². The van der Waals surface area contributed by atoms with Gasteiger partial charge in [0.05, 0.1) is 5.60 Å². The van der Waals surface area contributed by atoms with Crippen LogP contribution in [-0.2, 0) is 9.31 Å². The lowest BCUT2D eigenvalue weighted by Gasteiger charge is -2.34. The molecular formula is C10H22B2O3. The summed E-state index contributed by atoms with van der Waals surface area (Å²) >= 11 is 0. The average molecular weight is 212 g/mol. The molecule has 0 radical (unpaired) electrons. The van der Waals surface area contributed by atoms with Gasteiger partial charge in [-0.25, -0.2) is 0 Å². The Morgan fingerprint density at radius 3 is 2.47 bits per heavy atom. The molecule has 1 saturated carbocycles. The Kier molecular flexibility index (Phi) is 5.16. The molecule has 15 heavy (non-hydrogen) atoms. The molecule has 1 fully saturated rings. The maximum absolute atomic E-state index is 9.11. The predicted octanol–water partition coefficient (Wildman–Crippen LogP) is 1.34. The van der Waals surface area contributed by atoms with Crippen molar-refractivity contribution in [1.82, 2.24) is 0 Å². The zero-order valence-electron chi connectivity index (χ0n) is 10.2. The van der Waals surface area contributed by atoms with E-state index in [1.165, 1.54) is 25.7 Å². The second-order valence-electron chi connectivity index (χ2n) is 4.77. The van der Waals surface area contributed by atoms with Gasteiger partial charge in [-0.3, -0.25) is 0 Å². The minimum absolute atomic E-state index is 0.0655. The van der Waals surface area contributed by atoms with Crippen LogP contribution in [0.15, 0.2) is 0 Å². The standard InChI is InChI=1S/C10H22B2O3/c1-4-14-12(11-13)15-10(2,3)9-7-5-6-8-9/h9,11,13H,4-8H2,1-3H3. The van der Waals surface area contributed by atoms with E-state index in [-0.39, 0.29) is 13.0 Å². The molecule has 0 saturated heterocycles. The molecule has 0 aromatic carbocycles. The van der Waals surface area contributed by atoms with Crippen molar-refractivity contribution in [2.24, 2.45) is 5.92 Å². The Labute approximate surface area is 93.9 Å². The maximum atomic E-state index is 9.11. The third kappa shape index (κ3) is 3.82. The van der Waals surface area contributed by atoms with E-state index in [1.54, 1.807) is 0 Å². The quantitative estimate of drug-likeness (QED) is 0.675. The first kappa shape index (κ1) is 13.1. The van der Waals surface area contributed by atoms with Crippen LogP contribution in [0.4, 0.5) is 0 Å². The second-order valence-corrected chi connectivity index (χ2v) is 4.77. The first-order valence-corrected chi connectivity index (χ1v) is 6.00.